The number of nitrogens with zero attached hydrogens (tertiary/aromatic N) is 1. The maximum Gasteiger partial charge on any atom is 0.335 e. The lowest BCUT2D eigenvalue weighted by molar-refractivity contribution is 0.0696. The van der Waals surface area contributed by atoms with Gasteiger partial charge in [0.05, 0.1) is 22.2 Å². The van der Waals surface area contributed by atoms with Crippen molar-refractivity contribution in [1.82, 2.24) is 15.0 Å². The summed E-state index contributed by atoms with van der Waals surface area (Å²) in [6.07, 6.45) is 0.452. The van der Waals surface area contributed by atoms with E-state index < -0.39 is 33.5 Å². The molecular weight excluding hydrogens is 529 g/mol. The fraction of sp³-hybridized carbons (Fsp3) is 0.222. The van der Waals surface area contributed by atoms with Crippen LogP contribution in [0.2, 0.25) is 0 Å². The Morgan fingerprint density at radius 3 is 2.41 bits per heavy atom. The van der Waals surface area contributed by atoms with E-state index in [-0.39, 0.29) is 41.4 Å². The topological polar surface area (TPSA) is 148 Å². The van der Waals surface area contributed by atoms with Crippen molar-refractivity contribution in [1.29, 1.82) is 0 Å². The average Bonchev–Trinajstić information content (AvgIpc) is 3.28. The Balaban J connectivity index is 1.53. The van der Waals surface area contributed by atoms with E-state index in [1.165, 1.54) is 55.6 Å². The number of amides is 1. The molecule has 0 unspecified atom stereocenters. The minimum absolute atomic E-state index is 0.0213. The van der Waals surface area contributed by atoms with Gasteiger partial charge in [-0.25, -0.2) is 27.3 Å². The molecule has 0 saturated carbocycles. The molecule has 0 bridgehead atoms. The van der Waals surface area contributed by atoms with Gasteiger partial charge in [-0.2, -0.15) is 0 Å². The summed E-state index contributed by atoms with van der Waals surface area (Å²) in [5, 5.41) is 11.9. The molecule has 0 saturated heterocycles. The number of carbonyl (C=O) groups is 2. The van der Waals surface area contributed by atoms with Gasteiger partial charge < -0.3 is 19.6 Å². The van der Waals surface area contributed by atoms with E-state index in [1.807, 2.05) is 6.92 Å². The van der Waals surface area contributed by atoms with Crippen LogP contribution in [0.5, 0.6) is 5.75 Å². The number of sulfonamides is 1. The lowest BCUT2D eigenvalue weighted by Crippen LogP contribution is -2.30. The Hall–Kier alpha value is -4.29. The second-order valence-corrected chi connectivity index (χ2v) is 10.3. The van der Waals surface area contributed by atoms with Crippen LogP contribution in [-0.4, -0.2) is 50.6 Å². The zero-order chi connectivity index (χ0) is 28.2. The number of hydrogen-bond donors (Lipinski definition) is 3. The first kappa shape index (κ1) is 27.7. The summed E-state index contributed by atoms with van der Waals surface area (Å²) in [4.78, 5) is 28.1. The number of carboxylic acid groups (broad SMARTS) is 1. The fourth-order valence-corrected chi connectivity index (χ4v) is 5.08. The first-order chi connectivity index (χ1) is 18.6. The largest absolute Gasteiger partial charge is 0.492 e. The Bertz CT molecular complexity index is 1620. The van der Waals surface area contributed by atoms with E-state index in [0.29, 0.717) is 28.7 Å². The highest BCUT2D eigenvalue weighted by molar-refractivity contribution is 7.88. The highest BCUT2D eigenvalue weighted by Gasteiger charge is 2.25. The zero-order valence-corrected chi connectivity index (χ0v) is 22.0. The number of nitrogens with one attached hydrogen (secondary N) is 2. The van der Waals surface area contributed by atoms with Crippen LogP contribution in [0.25, 0.3) is 22.4 Å². The number of aryl methyl sites for hydroxylation is 1. The maximum atomic E-state index is 13.5. The molecule has 0 fully saturated rings. The SMILES string of the molecule is CCc1cc2c(C(=O)NC)c(-c3ccc(F)cc3)oc2nc1CS(=O)(=O)NCCOc1ccc(C(=O)O)cc1. The minimum atomic E-state index is -3.82. The Morgan fingerprint density at radius 1 is 1.10 bits per heavy atom. The molecule has 2 heterocycles. The normalized spacial score (nSPS) is 11.5. The molecule has 1 amide bonds. The van der Waals surface area contributed by atoms with Crippen LogP contribution >= 0.6 is 0 Å². The van der Waals surface area contributed by atoms with Crippen LogP contribution in [0.1, 0.15) is 38.9 Å². The quantitative estimate of drug-likeness (QED) is 0.237. The fourth-order valence-electron chi connectivity index (χ4n) is 3.98. The molecule has 204 valence electrons. The van der Waals surface area contributed by atoms with Gasteiger partial charge in [0.15, 0.2) is 0 Å². The van der Waals surface area contributed by atoms with E-state index in [0.717, 1.165) is 0 Å². The lowest BCUT2D eigenvalue weighted by atomic mass is 10.0. The molecule has 0 aliphatic rings. The summed E-state index contributed by atoms with van der Waals surface area (Å²) in [6, 6.07) is 12.9. The molecular formula is C27H26FN3O7S. The number of carboxylic acids is 1. The molecule has 4 aromatic rings. The second kappa shape index (κ2) is 11.6. The summed E-state index contributed by atoms with van der Waals surface area (Å²) < 4.78 is 52.9. The predicted octanol–water partition coefficient (Wildman–Crippen LogP) is 3.75. The van der Waals surface area contributed by atoms with Gasteiger partial charge in [0.25, 0.3) is 5.91 Å². The van der Waals surface area contributed by atoms with Crippen LogP contribution in [0.4, 0.5) is 4.39 Å². The predicted molar refractivity (Wildman–Crippen MR) is 142 cm³/mol. The van der Waals surface area contributed by atoms with Crippen LogP contribution < -0.4 is 14.8 Å². The Kier molecular flexibility index (Phi) is 8.27. The van der Waals surface area contributed by atoms with Crippen molar-refractivity contribution in [3.8, 4) is 17.1 Å². The van der Waals surface area contributed by atoms with Crippen LogP contribution in [0, 0.1) is 5.82 Å². The number of aromatic nitrogens is 1. The van der Waals surface area contributed by atoms with E-state index in [9.17, 15) is 22.4 Å². The van der Waals surface area contributed by atoms with Gasteiger partial charge in [0.2, 0.25) is 15.7 Å². The van der Waals surface area contributed by atoms with Crippen molar-refractivity contribution in [2.75, 3.05) is 20.2 Å². The summed E-state index contributed by atoms with van der Waals surface area (Å²) in [5.74, 6) is -1.74. The van der Waals surface area contributed by atoms with Gasteiger partial charge in [-0.3, -0.25) is 4.79 Å². The number of halogens is 1. The van der Waals surface area contributed by atoms with Crippen LogP contribution in [0.3, 0.4) is 0 Å². The van der Waals surface area contributed by atoms with Crippen molar-refractivity contribution in [3.05, 3.63) is 82.8 Å². The first-order valence-electron chi connectivity index (χ1n) is 12.0. The van der Waals surface area contributed by atoms with Gasteiger partial charge in [-0.05, 0) is 66.6 Å². The molecule has 0 radical (unpaired) electrons. The number of furan rings is 1. The van der Waals surface area contributed by atoms with Crippen molar-refractivity contribution in [3.63, 3.8) is 0 Å². The molecule has 2 aromatic carbocycles. The first-order valence-corrected chi connectivity index (χ1v) is 13.6. The second-order valence-electron chi connectivity index (χ2n) is 8.52. The van der Waals surface area contributed by atoms with E-state index in [4.69, 9.17) is 14.3 Å². The molecule has 10 nitrogen and oxygen atoms in total. The molecule has 4 rings (SSSR count). The van der Waals surface area contributed by atoms with Gasteiger partial charge >= 0.3 is 5.97 Å². The van der Waals surface area contributed by atoms with Crippen LogP contribution in [0.15, 0.2) is 59.0 Å². The number of aromatic carboxylic acids is 1. The van der Waals surface area contributed by atoms with E-state index >= 15 is 0 Å². The van der Waals surface area contributed by atoms with Crippen molar-refractivity contribution < 1.29 is 36.7 Å². The van der Waals surface area contributed by atoms with E-state index in [1.54, 1.807) is 6.07 Å². The number of fused-ring (bicyclic) bond motifs is 1. The average molecular weight is 556 g/mol. The summed E-state index contributed by atoms with van der Waals surface area (Å²) >= 11 is 0. The van der Waals surface area contributed by atoms with Crippen molar-refractivity contribution in [2.45, 2.75) is 19.1 Å². The molecule has 2 aromatic heterocycles. The number of rotatable bonds is 11. The Labute approximate surface area is 223 Å². The third-order valence-corrected chi connectivity index (χ3v) is 7.21. The molecule has 3 N–H and O–H groups in total. The van der Waals surface area contributed by atoms with E-state index in [2.05, 4.69) is 15.0 Å². The standard InChI is InChI=1S/C27H26FN3O7S/c1-3-16-14-21-23(25(32)29-2)24(17-4-8-19(28)9-5-17)38-26(21)31-22(16)15-39(35,36)30-12-13-37-20-10-6-18(7-11-20)27(33)34/h4-11,14,30H,3,12-13,15H2,1-2H3,(H,29,32)(H,33,34). The molecule has 0 atom stereocenters. The number of pyridine rings is 1. The maximum absolute atomic E-state index is 13.5. The molecule has 39 heavy (non-hydrogen) atoms. The van der Waals surface area contributed by atoms with Gasteiger partial charge in [-0.1, -0.05) is 6.92 Å². The number of benzene rings is 2. The highest BCUT2D eigenvalue weighted by Crippen LogP contribution is 2.34. The van der Waals surface area contributed by atoms with Crippen LogP contribution in [-0.2, 0) is 22.2 Å². The summed E-state index contributed by atoms with van der Waals surface area (Å²) in [5.41, 5.74) is 1.79. The monoisotopic (exact) mass is 555 g/mol. The lowest BCUT2D eigenvalue weighted by Gasteiger charge is -2.11. The van der Waals surface area contributed by atoms with Crippen molar-refractivity contribution in [2.24, 2.45) is 0 Å². The third-order valence-electron chi connectivity index (χ3n) is 5.91. The number of hydrogen-bond acceptors (Lipinski definition) is 7. The zero-order valence-electron chi connectivity index (χ0n) is 21.2. The summed E-state index contributed by atoms with van der Waals surface area (Å²) in [6.45, 7) is 1.84. The number of carbonyl (C=O) groups excluding carboxylic acids is 1. The molecule has 12 heteroatoms. The molecule has 0 aliphatic heterocycles. The van der Waals surface area contributed by atoms with Gasteiger partial charge in [0.1, 0.15) is 29.7 Å². The summed E-state index contributed by atoms with van der Waals surface area (Å²) in [7, 11) is -2.34. The Morgan fingerprint density at radius 2 is 1.79 bits per heavy atom. The molecule has 0 spiro atoms. The smallest absolute Gasteiger partial charge is 0.335 e. The number of ether oxygens (including phenoxy) is 1. The van der Waals surface area contributed by atoms with Gasteiger partial charge in [-0.15, -0.1) is 0 Å². The van der Waals surface area contributed by atoms with Gasteiger partial charge in [0, 0.05) is 19.2 Å². The van der Waals surface area contributed by atoms with Crippen molar-refractivity contribution >= 4 is 33.0 Å². The highest BCUT2D eigenvalue weighted by atomic mass is 32.2. The third kappa shape index (κ3) is 6.41. The minimum Gasteiger partial charge on any atom is -0.492 e. The molecule has 0 aliphatic carbocycles.